The van der Waals surface area contributed by atoms with Crippen molar-refractivity contribution in [2.24, 2.45) is 0 Å². The fraction of sp³-hybridized carbons (Fsp3) is 0.242. The molecule has 2 atom stereocenters. The summed E-state index contributed by atoms with van der Waals surface area (Å²) in [7, 11) is 3.33. The van der Waals surface area contributed by atoms with Crippen LogP contribution in [0, 0.1) is 0 Å². The van der Waals surface area contributed by atoms with E-state index in [1.165, 1.54) is 0 Å². The van der Waals surface area contributed by atoms with E-state index in [-0.39, 0.29) is 24.3 Å². The SMILES string of the molecule is CC[C@@H](C)Oc1cc2c(cc1OC)CC(=O)N(c1ccc(C(=O)N(C)c3ccncc3)cc1)C2c1ccc(Cl)cc1. The van der Waals surface area contributed by atoms with Crippen molar-refractivity contribution in [2.75, 3.05) is 24.0 Å². The number of ether oxygens (including phenoxy) is 2. The van der Waals surface area contributed by atoms with Gasteiger partial charge in [0.1, 0.15) is 0 Å². The first-order chi connectivity index (χ1) is 19.8. The van der Waals surface area contributed by atoms with Gasteiger partial charge in [-0.15, -0.1) is 0 Å². The maximum absolute atomic E-state index is 13.8. The minimum atomic E-state index is -0.435. The summed E-state index contributed by atoms with van der Waals surface area (Å²) in [6, 6.07) is 21.7. The van der Waals surface area contributed by atoms with Crippen LogP contribution in [0.5, 0.6) is 11.5 Å². The molecule has 0 radical (unpaired) electrons. The number of anilines is 2. The summed E-state index contributed by atoms with van der Waals surface area (Å²) in [5, 5.41) is 0.611. The molecule has 1 unspecified atom stereocenters. The Morgan fingerprint density at radius 2 is 1.73 bits per heavy atom. The number of aromatic nitrogens is 1. The van der Waals surface area contributed by atoms with E-state index in [1.807, 2.05) is 55.5 Å². The molecule has 0 saturated carbocycles. The highest BCUT2D eigenvalue weighted by atomic mass is 35.5. The lowest BCUT2D eigenvalue weighted by Crippen LogP contribution is -2.41. The standard InChI is InChI=1S/C33H32ClN3O4/c1-5-21(2)41-30-20-28-24(18-29(30)40-4)19-31(38)37(32(28)22-6-10-25(34)11-7-22)27-12-8-23(9-13-27)33(39)36(3)26-14-16-35-17-15-26/h6-18,20-21,32H,5,19H2,1-4H3/t21-,32?/m1/s1. The molecule has 0 spiro atoms. The number of carbonyl (C=O) groups is 2. The van der Waals surface area contributed by atoms with Crippen LogP contribution in [-0.2, 0) is 11.2 Å². The quantitative estimate of drug-likeness (QED) is 0.231. The molecule has 8 heteroatoms. The number of nitrogens with zero attached hydrogens (tertiary/aromatic N) is 3. The number of rotatable bonds is 8. The summed E-state index contributed by atoms with van der Waals surface area (Å²) in [5.41, 5.74) is 4.67. The van der Waals surface area contributed by atoms with Crippen LogP contribution < -0.4 is 19.3 Å². The number of methoxy groups -OCH3 is 1. The molecule has 1 aliphatic heterocycles. The maximum atomic E-state index is 13.8. The Labute approximate surface area is 245 Å². The average molecular weight is 570 g/mol. The fourth-order valence-corrected chi connectivity index (χ4v) is 5.14. The highest BCUT2D eigenvalue weighted by Gasteiger charge is 2.36. The Hall–Kier alpha value is -4.36. The molecule has 0 fully saturated rings. The van der Waals surface area contributed by atoms with Crippen LogP contribution >= 0.6 is 11.6 Å². The van der Waals surface area contributed by atoms with Gasteiger partial charge in [0.2, 0.25) is 5.91 Å². The molecule has 41 heavy (non-hydrogen) atoms. The van der Waals surface area contributed by atoms with Gasteiger partial charge in [0.05, 0.1) is 25.7 Å². The molecule has 1 aliphatic rings. The van der Waals surface area contributed by atoms with E-state index >= 15 is 0 Å². The predicted molar refractivity (Wildman–Crippen MR) is 161 cm³/mol. The van der Waals surface area contributed by atoms with Gasteiger partial charge in [0.25, 0.3) is 5.91 Å². The number of benzene rings is 3. The summed E-state index contributed by atoms with van der Waals surface area (Å²) >= 11 is 6.23. The van der Waals surface area contributed by atoms with Crippen LogP contribution in [0.2, 0.25) is 5.02 Å². The smallest absolute Gasteiger partial charge is 0.258 e. The van der Waals surface area contributed by atoms with E-state index in [2.05, 4.69) is 11.9 Å². The van der Waals surface area contributed by atoms with Gasteiger partial charge < -0.3 is 19.3 Å². The van der Waals surface area contributed by atoms with Crippen molar-refractivity contribution < 1.29 is 19.1 Å². The molecule has 0 saturated heterocycles. The first-order valence-corrected chi connectivity index (χ1v) is 13.9. The van der Waals surface area contributed by atoms with Gasteiger partial charge >= 0.3 is 0 Å². The van der Waals surface area contributed by atoms with Gasteiger partial charge in [-0.2, -0.15) is 0 Å². The fourth-order valence-electron chi connectivity index (χ4n) is 5.02. The van der Waals surface area contributed by atoms with Crippen LogP contribution in [0.15, 0.2) is 85.2 Å². The van der Waals surface area contributed by atoms with Crippen molar-refractivity contribution in [3.8, 4) is 11.5 Å². The summed E-state index contributed by atoms with van der Waals surface area (Å²) in [5.74, 6) is 1.00. The van der Waals surface area contributed by atoms with Crippen LogP contribution in [-0.4, -0.2) is 37.1 Å². The number of fused-ring (bicyclic) bond motifs is 1. The van der Waals surface area contributed by atoms with E-state index in [0.29, 0.717) is 27.8 Å². The molecule has 1 aromatic heterocycles. The van der Waals surface area contributed by atoms with Gasteiger partial charge in [-0.05, 0) is 90.7 Å². The molecular weight excluding hydrogens is 538 g/mol. The Kier molecular flexibility index (Phi) is 8.26. The molecule has 4 aromatic rings. The normalized spacial score (nSPS) is 15.2. The second kappa shape index (κ2) is 12.0. The lowest BCUT2D eigenvalue weighted by Gasteiger charge is -2.38. The minimum absolute atomic E-state index is 0.00683. The van der Waals surface area contributed by atoms with Crippen molar-refractivity contribution in [1.29, 1.82) is 0 Å². The van der Waals surface area contributed by atoms with Crippen LogP contribution in [0.4, 0.5) is 11.4 Å². The van der Waals surface area contributed by atoms with Gasteiger partial charge in [0.15, 0.2) is 11.5 Å². The van der Waals surface area contributed by atoms with Crippen molar-refractivity contribution in [1.82, 2.24) is 4.98 Å². The first-order valence-electron chi connectivity index (χ1n) is 13.5. The highest BCUT2D eigenvalue weighted by Crippen LogP contribution is 2.44. The lowest BCUT2D eigenvalue weighted by atomic mass is 9.86. The third-order valence-electron chi connectivity index (χ3n) is 7.42. The van der Waals surface area contributed by atoms with Crippen molar-refractivity contribution in [3.05, 3.63) is 112 Å². The van der Waals surface area contributed by atoms with Crippen LogP contribution in [0.1, 0.15) is 53.4 Å². The second-order valence-electron chi connectivity index (χ2n) is 10.0. The molecule has 2 heterocycles. The van der Waals surface area contributed by atoms with E-state index in [4.69, 9.17) is 21.1 Å². The molecule has 0 bridgehead atoms. The number of pyridine rings is 1. The second-order valence-corrected chi connectivity index (χ2v) is 10.5. The van der Waals surface area contributed by atoms with Crippen LogP contribution in [0.3, 0.4) is 0 Å². The van der Waals surface area contributed by atoms with Gasteiger partial charge in [-0.1, -0.05) is 30.7 Å². The number of carbonyl (C=O) groups excluding carboxylic acids is 2. The Morgan fingerprint density at radius 1 is 1.05 bits per heavy atom. The third-order valence-corrected chi connectivity index (χ3v) is 7.68. The molecule has 0 aliphatic carbocycles. The van der Waals surface area contributed by atoms with E-state index in [1.54, 1.807) is 60.6 Å². The zero-order valence-electron chi connectivity index (χ0n) is 23.5. The molecule has 0 N–H and O–H groups in total. The lowest BCUT2D eigenvalue weighted by molar-refractivity contribution is -0.118. The highest BCUT2D eigenvalue weighted by molar-refractivity contribution is 6.30. The summed E-state index contributed by atoms with van der Waals surface area (Å²) in [4.78, 5) is 34.3. The summed E-state index contributed by atoms with van der Waals surface area (Å²) in [6.07, 6.45) is 4.33. The van der Waals surface area contributed by atoms with Gasteiger partial charge in [-0.25, -0.2) is 0 Å². The zero-order chi connectivity index (χ0) is 29.1. The van der Waals surface area contributed by atoms with Gasteiger partial charge in [-0.3, -0.25) is 14.6 Å². The number of amides is 2. The molecule has 3 aromatic carbocycles. The molecule has 210 valence electrons. The van der Waals surface area contributed by atoms with Crippen LogP contribution in [0.25, 0.3) is 0 Å². The average Bonchev–Trinajstić information content (AvgIpc) is 3.00. The van der Waals surface area contributed by atoms with Crippen molar-refractivity contribution in [2.45, 2.75) is 38.8 Å². The third kappa shape index (κ3) is 5.77. The minimum Gasteiger partial charge on any atom is -0.493 e. The number of hydrogen-bond acceptors (Lipinski definition) is 5. The molecular formula is C33H32ClN3O4. The van der Waals surface area contributed by atoms with Crippen molar-refractivity contribution in [3.63, 3.8) is 0 Å². The van der Waals surface area contributed by atoms with Crippen molar-refractivity contribution >= 4 is 34.8 Å². The Morgan fingerprint density at radius 3 is 2.37 bits per heavy atom. The Balaban J connectivity index is 1.56. The Bertz CT molecular complexity index is 1540. The predicted octanol–water partition coefficient (Wildman–Crippen LogP) is 6.88. The molecule has 2 amide bonds. The summed E-state index contributed by atoms with van der Waals surface area (Å²) < 4.78 is 11.9. The molecule has 7 nitrogen and oxygen atoms in total. The number of halogens is 1. The van der Waals surface area contributed by atoms with Gasteiger partial charge in [0, 0.05) is 41.4 Å². The van der Waals surface area contributed by atoms with E-state index < -0.39 is 6.04 Å². The molecule has 5 rings (SSSR count). The maximum Gasteiger partial charge on any atom is 0.258 e. The summed E-state index contributed by atoms with van der Waals surface area (Å²) in [6.45, 7) is 4.08. The zero-order valence-corrected chi connectivity index (χ0v) is 24.3. The largest absolute Gasteiger partial charge is 0.493 e. The van der Waals surface area contributed by atoms with E-state index in [9.17, 15) is 9.59 Å². The monoisotopic (exact) mass is 569 g/mol. The topological polar surface area (TPSA) is 72.0 Å². The first kappa shape index (κ1) is 28.2. The number of hydrogen-bond donors (Lipinski definition) is 0. The van der Waals surface area contributed by atoms with E-state index in [0.717, 1.165) is 28.8 Å².